The Kier molecular flexibility index (Phi) is 5.68. The summed E-state index contributed by atoms with van der Waals surface area (Å²) in [4.78, 5) is 14.1. The normalized spacial score (nSPS) is 15.9. The maximum absolute atomic E-state index is 13.2. The Hall–Kier alpha value is -1.79. The number of nitrogens with zero attached hydrogens (tertiary/aromatic N) is 1. The third kappa shape index (κ3) is 4.22. The summed E-state index contributed by atoms with van der Waals surface area (Å²) in [5.41, 5.74) is 1.43. The van der Waals surface area contributed by atoms with Gasteiger partial charge in [0.05, 0.1) is 23.7 Å². The lowest BCUT2D eigenvalue weighted by Crippen LogP contribution is -3.13. The van der Waals surface area contributed by atoms with Crippen LogP contribution in [0.3, 0.4) is 0 Å². The molecule has 146 valence electrons. The molecule has 0 bridgehead atoms. The minimum Gasteiger partial charge on any atom is -0.328 e. The number of ketones is 1. The van der Waals surface area contributed by atoms with Crippen LogP contribution in [-0.4, -0.2) is 30.0 Å². The first-order valence-corrected chi connectivity index (χ1v) is 9.49. The minimum atomic E-state index is -4.53. The zero-order chi connectivity index (χ0) is 19.8. The molecular formula is C20H23ClF3N2O+. The Morgan fingerprint density at radius 3 is 2.44 bits per heavy atom. The lowest BCUT2D eigenvalue weighted by atomic mass is 10.1. The van der Waals surface area contributed by atoms with E-state index in [1.807, 2.05) is 0 Å². The summed E-state index contributed by atoms with van der Waals surface area (Å²) in [6.45, 7) is 5.99. The number of quaternary nitrogens is 1. The largest absolute Gasteiger partial charge is 0.417 e. The number of Topliss-reactive ketones (excluding diaryl/α,β-unsaturated/α-hetero) is 1. The van der Waals surface area contributed by atoms with E-state index in [1.165, 1.54) is 17.4 Å². The zero-order valence-corrected chi connectivity index (χ0v) is 16.2. The molecule has 0 aliphatic carbocycles. The van der Waals surface area contributed by atoms with Crippen LogP contribution in [0.25, 0.3) is 5.69 Å². The Morgan fingerprint density at radius 1 is 1.15 bits per heavy atom. The fraction of sp³-hybridized carbons (Fsp3) is 0.450. The number of aryl methyl sites for hydroxylation is 1. The Morgan fingerprint density at radius 2 is 1.81 bits per heavy atom. The number of hydrogen-bond donors (Lipinski definition) is 1. The van der Waals surface area contributed by atoms with Crippen LogP contribution in [0.4, 0.5) is 13.2 Å². The van der Waals surface area contributed by atoms with Crippen molar-refractivity contribution in [1.29, 1.82) is 0 Å². The second-order valence-electron chi connectivity index (χ2n) is 7.19. The van der Waals surface area contributed by atoms with E-state index in [9.17, 15) is 18.0 Å². The number of carbonyl (C=O) groups is 1. The number of alkyl halides is 3. The van der Waals surface area contributed by atoms with Gasteiger partial charge in [-0.3, -0.25) is 4.79 Å². The number of rotatable bonds is 4. The molecule has 0 atom stereocenters. The molecule has 1 N–H and O–H groups in total. The van der Waals surface area contributed by atoms with Crippen LogP contribution < -0.4 is 4.90 Å². The average Bonchev–Trinajstić information content (AvgIpc) is 2.90. The Balaban J connectivity index is 1.93. The van der Waals surface area contributed by atoms with E-state index in [0.29, 0.717) is 23.5 Å². The number of benzene rings is 1. The van der Waals surface area contributed by atoms with Crippen molar-refractivity contribution in [2.75, 3.05) is 19.6 Å². The van der Waals surface area contributed by atoms with Gasteiger partial charge >= 0.3 is 6.18 Å². The van der Waals surface area contributed by atoms with Gasteiger partial charge in [-0.1, -0.05) is 11.6 Å². The van der Waals surface area contributed by atoms with Gasteiger partial charge in [-0.15, -0.1) is 0 Å². The summed E-state index contributed by atoms with van der Waals surface area (Å²) in [6.07, 6.45) is -1.05. The molecule has 1 fully saturated rings. The van der Waals surface area contributed by atoms with Crippen molar-refractivity contribution < 1.29 is 22.9 Å². The third-order valence-electron chi connectivity index (χ3n) is 5.22. The smallest absolute Gasteiger partial charge is 0.328 e. The molecule has 0 spiro atoms. The maximum atomic E-state index is 13.2. The molecule has 2 aromatic rings. The second kappa shape index (κ2) is 7.68. The first-order valence-electron chi connectivity index (χ1n) is 9.11. The molecule has 1 aromatic heterocycles. The molecule has 1 aliphatic rings. The van der Waals surface area contributed by atoms with Crippen molar-refractivity contribution in [3.05, 3.63) is 51.8 Å². The van der Waals surface area contributed by atoms with E-state index in [0.717, 1.165) is 37.7 Å². The number of carbonyl (C=O) groups excluding carboxylic acids is 1. The van der Waals surface area contributed by atoms with Crippen molar-refractivity contribution in [2.24, 2.45) is 0 Å². The van der Waals surface area contributed by atoms with Crippen molar-refractivity contribution in [1.82, 2.24) is 4.57 Å². The van der Waals surface area contributed by atoms with Gasteiger partial charge in [0.2, 0.25) is 5.78 Å². The number of nitrogens with one attached hydrogen (secondary N) is 1. The zero-order valence-electron chi connectivity index (χ0n) is 15.4. The predicted octanol–water partition coefficient (Wildman–Crippen LogP) is 4.02. The molecule has 3 rings (SSSR count). The molecule has 0 amide bonds. The van der Waals surface area contributed by atoms with Crippen molar-refractivity contribution in [2.45, 2.75) is 39.3 Å². The van der Waals surface area contributed by atoms with Crippen LogP contribution in [0.1, 0.15) is 46.6 Å². The molecule has 0 unspecified atom stereocenters. The highest BCUT2D eigenvalue weighted by molar-refractivity contribution is 6.31. The number of halogens is 4. The molecule has 3 nitrogen and oxygen atoms in total. The summed E-state index contributed by atoms with van der Waals surface area (Å²) in [5, 5.41) is -0.335. The summed E-state index contributed by atoms with van der Waals surface area (Å²) < 4.78 is 41.3. The Bertz CT molecular complexity index is 852. The molecule has 27 heavy (non-hydrogen) atoms. The number of piperidine rings is 1. The molecule has 0 saturated carbocycles. The topological polar surface area (TPSA) is 26.4 Å². The minimum absolute atomic E-state index is 0.0382. The third-order valence-corrected chi connectivity index (χ3v) is 5.55. The quantitative estimate of drug-likeness (QED) is 0.772. The lowest BCUT2D eigenvalue weighted by molar-refractivity contribution is -0.896. The standard InChI is InChI=1S/C20H22ClF3N2O/c1-13-10-16(19(27)12-25-8-4-3-5-9-25)14(2)26(13)15-6-7-18(21)17(11-15)20(22,23)24/h6-7,10-11H,3-5,8-9,12H2,1-2H3/p+1. The molecule has 2 heterocycles. The average molecular weight is 400 g/mol. The summed E-state index contributed by atoms with van der Waals surface area (Å²) in [6, 6.07) is 5.59. The van der Waals surface area contributed by atoms with Crippen LogP contribution >= 0.6 is 11.6 Å². The first kappa shape index (κ1) is 20.0. The second-order valence-corrected chi connectivity index (χ2v) is 7.60. The fourth-order valence-corrected chi connectivity index (χ4v) is 4.09. The van der Waals surface area contributed by atoms with E-state index in [4.69, 9.17) is 11.6 Å². The first-order chi connectivity index (χ1) is 12.7. The highest BCUT2D eigenvalue weighted by atomic mass is 35.5. The molecule has 1 saturated heterocycles. The van der Waals surface area contributed by atoms with Gasteiger partial charge in [0.25, 0.3) is 0 Å². The highest BCUT2D eigenvalue weighted by Crippen LogP contribution is 2.36. The van der Waals surface area contributed by atoms with Gasteiger partial charge in [0.1, 0.15) is 6.54 Å². The van der Waals surface area contributed by atoms with Crippen LogP contribution in [-0.2, 0) is 6.18 Å². The highest BCUT2D eigenvalue weighted by Gasteiger charge is 2.34. The van der Waals surface area contributed by atoms with Gasteiger partial charge in [-0.25, -0.2) is 0 Å². The fourth-order valence-electron chi connectivity index (χ4n) is 3.86. The van der Waals surface area contributed by atoms with E-state index < -0.39 is 11.7 Å². The molecule has 1 aromatic carbocycles. The van der Waals surface area contributed by atoms with E-state index in [2.05, 4.69) is 0 Å². The maximum Gasteiger partial charge on any atom is 0.417 e. The van der Waals surface area contributed by atoms with Crippen molar-refractivity contribution in [3.8, 4) is 5.69 Å². The SMILES string of the molecule is Cc1cc(C(=O)C[NH+]2CCCCC2)c(C)n1-c1ccc(Cl)c(C(F)(F)F)c1. The number of hydrogen-bond acceptors (Lipinski definition) is 1. The summed E-state index contributed by atoms with van der Waals surface area (Å²) in [5.74, 6) is 0.0382. The molecule has 1 aliphatic heterocycles. The Labute approximate surface area is 161 Å². The number of likely N-dealkylation sites (tertiary alicyclic amines) is 1. The van der Waals surface area contributed by atoms with Gasteiger partial charge in [0.15, 0.2) is 0 Å². The van der Waals surface area contributed by atoms with Crippen LogP contribution in [0.5, 0.6) is 0 Å². The van der Waals surface area contributed by atoms with E-state index >= 15 is 0 Å². The number of aromatic nitrogens is 1. The molecule has 7 heteroatoms. The summed E-state index contributed by atoms with van der Waals surface area (Å²) in [7, 11) is 0. The lowest BCUT2D eigenvalue weighted by Gasteiger charge is -2.22. The van der Waals surface area contributed by atoms with Crippen molar-refractivity contribution >= 4 is 17.4 Å². The van der Waals surface area contributed by atoms with Crippen LogP contribution in [0, 0.1) is 13.8 Å². The predicted molar refractivity (Wildman–Crippen MR) is 99.0 cm³/mol. The van der Waals surface area contributed by atoms with Crippen LogP contribution in [0.15, 0.2) is 24.3 Å². The van der Waals surface area contributed by atoms with E-state index in [1.54, 1.807) is 30.5 Å². The van der Waals surface area contributed by atoms with Crippen molar-refractivity contribution in [3.63, 3.8) is 0 Å². The monoisotopic (exact) mass is 399 g/mol. The van der Waals surface area contributed by atoms with Gasteiger partial charge in [-0.05, 0) is 57.4 Å². The van der Waals surface area contributed by atoms with Gasteiger partial charge in [0, 0.05) is 22.6 Å². The summed E-state index contributed by atoms with van der Waals surface area (Å²) >= 11 is 5.73. The van der Waals surface area contributed by atoms with Gasteiger partial charge in [-0.2, -0.15) is 13.2 Å². The molecular weight excluding hydrogens is 377 g/mol. The van der Waals surface area contributed by atoms with Gasteiger partial charge < -0.3 is 9.47 Å². The molecule has 0 radical (unpaired) electrons. The van der Waals surface area contributed by atoms with Crippen LogP contribution in [0.2, 0.25) is 5.02 Å². The van der Waals surface area contributed by atoms with E-state index in [-0.39, 0.29) is 10.8 Å².